The first kappa shape index (κ1) is 16.1. The van der Waals surface area contributed by atoms with Gasteiger partial charge in [0.1, 0.15) is 0 Å². The standard InChI is InChI=1S/C16H17ClN2O3S/c1-19(8-12-3-5-15(17)23-12)9-16(20)18-7-11-2-4-13-14(6-11)22-10-21-13/h2-6H,7-10H2,1H3,(H,18,20). The number of carbonyl (C=O) groups excluding carboxylic acids is 1. The molecule has 1 aliphatic heterocycles. The minimum atomic E-state index is -0.0205. The number of amides is 1. The summed E-state index contributed by atoms with van der Waals surface area (Å²) in [6.07, 6.45) is 0. The van der Waals surface area contributed by atoms with Gasteiger partial charge in [-0.25, -0.2) is 0 Å². The van der Waals surface area contributed by atoms with Gasteiger partial charge in [0, 0.05) is 18.0 Å². The fourth-order valence-corrected chi connectivity index (χ4v) is 3.48. The zero-order chi connectivity index (χ0) is 16.2. The summed E-state index contributed by atoms with van der Waals surface area (Å²) in [4.78, 5) is 15.1. The van der Waals surface area contributed by atoms with Crippen LogP contribution in [0, 0.1) is 0 Å². The van der Waals surface area contributed by atoms with E-state index in [4.69, 9.17) is 21.1 Å². The lowest BCUT2D eigenvalue weighted by molar-refractivity contribution is -0.122. The fraction of sp³-hybridized carbons (Fsp3) is 0.312. The Balaban J connectivity index is 1.45. The van der Waals surface area contributed by atoms with Gasteiger partial charge in [0.25, 0.3) is 0 Å². The van der Waals surface area contributed by atoms with Gasteiger partial charge < -0.3 is 14.8 Å². The second kappa shape index (κ2) is 7.21. The molecule has 2 heterocycles. The summed E-state index contributed by atoms with van der Waals surface area (Å²) in [6, 6.07) is 9.52. The van der Waals surface area contributed by atoms with Crippen LogP contribution in [-0.4, -0.2) is 31.2 Å². The van der Waals surface area contributed by atoms with Crippen LogP contribution in [-0.2, 0) is 17.9 Å². The van der Waals surface area contributed by atoms with Crippen molar-refractivity contribution >= 4 is 28.8 Å². The van der Waals surface area contributed by atoms with E-state index in [1.807, 2.05) is 42.3 Å². The highest BCUT2D eigenvalue weighted by molar-refractivity contribution is 7.16. The number of hydrogen-bond donors (Lipinski definition) is 1. The van der Waals surface area contributed by atoms with Gasteiger partial charge in [-0.15, -0.1) is 11.3 Å². The highest BCUT2D eigenvalue weighted by Gasteiger charge is 2.14. The topological polar surface area (TPSA) is 50.8 Å². The Kier molecular flexibility index (Phi) is 5.05. The molecular weight excluding hydrogens is 336 g/mol. The molecule has 0 radical (unpaired) electrons. The third-order valence-electron chi connectivity index (χ3n) is 3.39. The number of fused-ring (bicyclic) bond motifs is 1. The van der Waals surface area contributed by atoms with Crippen LogP contribution in [0.4, 0.5) is 0 Å². The number of thiophene rings is 1. The number of nitrogens with zero attached hydrogens (tertiary/aromatic N) is 1. The summed E-state index contributed by atoms with van der Waals surface area (Å²) in [6.45, 7) is 1.76. The summed E-state index contributed by atoms with van der Waals surface area (Å²) < 4.78 is 11.4. The molecular formula is C16H17ClN2O3S. The van der Waals surface area contributed by atoms with Crippen molar-refractivity contribution in [1.82, 2.24) is 10.2 Å². The fourth-order valence-electron chi connectivity index (χ4n) is 2.31. The number of carbonyl (C=O) groups is 1. The minimum Gasteiger partial charge on any atom is -0.454 e. The van der Waals surface area contributed by atoms with Crippen molar-refractivity contribution < 1.29 is 14.3 Å². The molecule has 1 aromatic heterocycles. The maximum atomic E-state index is 12.0. The van der Waals surface area contributed by atoms with Crippen LogP contribution in [0.1, 0.15) is 10.4 Å². The smallest absolute Gasteiger partial charge is 0.234 e. The molecule has 23 heavy (non-hydrogen) atoms. The maximum Gasteiger partial charge on any atom is 0.234 e. The minimum absolute atomic E-state index is 0.0205. The third kappa shape index (κ3) is 4.37. The van der Waals surface area contributed by atoms with E-state index in [9.17, 15) is 4.79 Å². The highest BCUT2D eigenvalue weighted by Crippen LogP contribution is 2.32. The summed E-state index contributed by atoms with van der Waals surface area (Å²) in [7, 11) is 1.91. The zero-order valence-corrected chi connectivity index (χ0v) is 14.2. The van der Waals surface area contributed by atoms with Crippen LogP contribution in [0.2, 0.25) is 4.34 Å². The third-order valence-corrected chi connectivity index (χ3v) is 4.61. The molecule has 0 saturated carbocycles. The van der Waals surface area contributed by atoms with Gasteiger partial charge in [-0.1, -0.05) is 17.7 Å². The highest BCUT2D eigenvalue weighted by atomic mass is 35.5. The molecule has 1 amide bonds. The number of rotatable bonds is 6. The number of halogens is 1. The monoisotopic (exact) mass is 352 g/mol. The largest absolute Gasteiger partial charge is 0.454 e. The Morgan fingerprint density at radius 2 is 2.13 bits per heavy atom. The van der Waals surface area contributed by atoms with Crippen LogP contribution in [0.15, 0.2) is 30.3 Å². The van der Waals surface area contributed by atoms with Gasteiger partial charge >= 0.3 is 0 Å². The number of benzene rings is 1. The Bertz CT molecular complexity index is 704. The van der Waals surface area contributed by atoms with Gasteiger partial charge in [-0.3, -0.25) is 9.69 Å². The molecule has 0 saturated heterocycles. The summed E-state index contributed by atoms with van der Waals surface area (Å²) in [5, 5.41) is 2.91. The average molecular weight is 353 g/mol. The van der Waals surface area contributed by atoms with Crippen molar-refractivity contribution in [3.05, 3.63) is 45.1 Å². The molecule has 122 valence electrons. The summed E-state index contributed by atoms with van der Waals surface area (Å²) in [5.74, 6) is 1.45. The predicted octanol–water partition coefficient (Wildman–Crippen LogP) is 2.88. The quantitative estimate of drug-likeness (QED) is 0.868. The number of hydrogen-bond acceptors (Lipinski definition) is 5. The van der Waals surface area contributed by atoms with Crippen LogP contribution in [0.25, 0.3) is 0 Å². The lowest BCUT2D eigenvalue weighted by atomic mass is 10.2. The molecule has 0 fully saturated rings. The van der Waals surface area contributed by atoms with Gasteiger partial charge in [0.05, 0.1) is 10.9 Å². The van der Waals surface area contributed by atoms with Gasteiger partial charge in [-0.2, -0.15) is 0 Å². The zero-order valence-electron chi connectivity index (χ0n) is 12.7. The number of ether oxygens (including phenoxy) is 2. The van der Waals surface area contributed by atoms with Crippen molar-refractivity contribution in [2.75, 3.05) is 20.4 Å². The predicted molar refractivity (Wildman–Crippen MR) is 90.1 cm³/mol. The normalized spacial score (nSPS) is 12.7. The Hall–Kier alpha value is -1.76. The van der Waals surface area contributed by atoms with Crippen LogP contribution in [0.5, 0.6) is 11.5 Å². The van der Waals surface area contributed by atoms with Gasteiger partial charge in [0.15, 0.2) is 11.5 Å². The first-order valence-corrected chi connectivity index (χ1v) is 8.37. The SMILES string of the molecule is CN(CC(=O)NCc1ccc2c(c1)OCO2)Cc1ccc(Cl)s1. The van der Waals surface area contributed by atoms with Gasteiger partial charge in [-0.05, 0) is 36.9 Å². The molecule has 0 unspecified atom stereocenters. The Labute approximate surface area is 143 Å². The second-order valence-corrected chi connectivity index (χ2v) is 7.14. The molecule has 5 nitrogen and oxygen atoms in total. The van der Waals surface area contributed by atoms with E-state index in [2.05, 4.69) is 5.32 Å². The molecule has 7 heteroatoms. The summed E-state index contributed by atoms with van der Waals surface area (Å²) >= 11 is 7.44. The number of likely N-dealkylation sites (N-methyl/N-ethyl adjacent to an activating group) is 1. The van der Waals surface area contributed by atoms with Crippen LogP contribution < -0.4 is 14.8 Å². The van der Waals surface area contributed by atoms with Crippen molar-refractivity contribution in [3.8, 4) is 11.5 Å². The van der Waals surface area contributed by atoms with Gasteiger partial charge in [0.2, 0.25) is 12.7 Å². The Morgan fingerprint density at radius 3 is 2.91 bits per heavy atom. The second-order valence-electron chi connectivity index (χ2n) is 5.34. The lowest BCUT2D eigenvalue weighted by Crippen LogP contribution is -2.34. The van der Waals surface area contributed by atoms with Crippen molar-refractivity contribution in [2.24, 2.45) is 0 Å². The molecule has 0 atom stereocenters. The molecule has 0 aliphatic carbocycles. The van der Waals surface area contributed by atoms with E-state index in [1.54, 1.807) is 0 Å². The van der Waals surface area contributed by atoms with E-state index in [0.29, 0.717) is 19.6 Å². The Morgan fingerprint density at radius 1 is 1.30 bits per heavy atom. The van der Waals surface area contributed by atoms with E-state index in [1.165, 1.54) is 11.3 Å². The molecule has 2 aromatic rings. The summed E-state index contributed by atoms with van der Waals surface area (Å²) in [5.41, 5.74) is 0.982. The van der Waals surface area contributed by atoms with Crippen LogP contribution in [0.3, 0.4) is 0 Å². The van der Waals surface area contributed by atoms with E-state index in [-0.39, 0.29) is 12.7 Å². The molecule has 0 bridgehead atoms. The van der Waals surface area contributed by atoms with Crippen molar-refractivity contribution in [1.29, 1.82) is 0 Å². The molecule has 1 aromatic carbocycles. The lowest BCUT2D eigenvalue weighted by Gasteiger charge is -2.15. The van der Waals surface area contributed by atoms with E-state index < -0.39 is 0 Å². The van der Waals surface area contributed by atoms with E-state index >= 15 is 0 Å². The number of nitrogens with one attached hydrogen (secondary N) is 1. The average Bonchev–Trinajstić information content (AvgIpc) is 3.13. The molecule has 1 N–H and O–H groups in total. The maximum absolute atomic E-state index is 12.0. The van der Waals surface area contributed by atoms with E-state index in [0.717, 1.165) is 26.3 Å². The van der Waals surface area contributed by atoms with Crippen molar-refractivity contribution in [3.63, 3.8) is 0 Å². The first-order valence-electron chi connectivity index (χ1n) is 7.18. The first-order chi connectivity index (χ1) is 11.1. The van der Waals surface area contributed by atoms with Crippen molar-refractivity contribution in [2.45, 2.75) is 13.1 Å². The molecule has 3 rings (SSSR count). The van der Waals surface area contributed by atoms with Crippen LogP contribution >= 0.6 is 22.9 Å². The molecule has 0 spiro atoms. The molecule has 1 aliphatic rings.